The van der Waals surface area contributed by atoms with Gasteiger partial charge in [-0.15, -0.1) is 0 Å². The fraction of sp³-hybridized carbons (Fsp3) is 0.222. The molecule has 1 N–H and O–H groups in total. The van der Waals surface area contributed by atoms with Crippen LogP contribution in [-0.2, 0) is 6.42 Å². The van der Waals surface area contributed by atoms with E-state index in [2.05, 4.69) is 20.3 Å². The molecule has 0 aliphatic carbocycles. The van der Waals surface area contributed by atoms with Crippen LogP contribution in [0.2, 0.25) is 10.3 Å². The van der Waals surface area contributed by atoms with Gasteiger partial charge in [-0.1, -0.05) is 11.6 Å². The highest BCUT2D eigenvalue weighted by atomic mass is 35.5. The van der Waals surface area contributed by atoms with E-state index in [0.29, 0.717) is 5.56 Å². The summed E-state index contributed by atoms with van der Waals surface area (Å²) in [6.07, 6.45) is -2.40. The smallest absolute Gasteiger partial charge is 0.418 e. The van der Waals surface area contributed by atoms with Gasteiger partial charge in [0.1, 0.15) is 11.6 Å². The van der Waals surface area contributed by atoms with E-state index >= 15 is 0 Å². The Hall–Kier alpha value is -3.03. The zero-order chi connectivity index (χ0) is 21.9. The number of hydrogen-bond acceptors (Lipinski definition) is 7. The fourth-order valence-electron chi connectivity index (χ4n) is 2.58. The van der Waals surface area contributed by atoms with E-state index in [1.807, 2.05) is 6.07 Å². The molecule has 0 fully saturated rings. The SMILES string of the molecule is COc1nc(Cl)ncc1CC1=NC(C(F)(F)F)C(Oc2cc(Cl)cc(C#N)c2)=CN1. The molecule has 30 heavy (non-hydrogen) atoms. The summed E-state index contributed by atoms with van der Waals surface area (Å²) in [5.74, 6) is -0.403. The summed E-state index contributed by atoms with van der Waals surface area (Å²) in [5, 5.41) is 11.7. The van der Waals surface area contributed by atoms with Crippen LogP contribution in [0, 0.1) is 11.3 Å². The van der Waals surface area contributed by atoms with Crippen molar-refractivity contribution >= 4 is 29.0 Å². The van der Waals surface area contributed by atoms with Crippen LogP contribution in [0.15, 0.2) is 41.3 Å². The van der Waals surface area contributed by atoms with Crippen molar-refractivity contribution in [3.63, 3.8) is 0 Å². The van der Waals surface area contributed by atoms with Crippen molar-refractivity contribution in [2.45, 2.75) is 18.6 Å². The molecule has 0 amide bonds. The number of nitriles is 1. The van der Waals surface area contributed by atoms with E-state index in [9.17, 15) is 13.2 Å². The number of amidine groups is 1. The average molecular weight is 458 g/mol. The number of benzene rings is 1. The first-order valence-electron chi connectivity index (χ1n) is 8.23. The summed E-state index contributed by atoms with van der Waals surface area (Å²) in [4.78, 5) is 11.4. The third kappa shape index (κ3) is 5.11. The predicted octanol–water partition coefficient (Wildman–Crippen LogP) is 4.06. The van der Waals surface area contributed by atoms with Crippen LogP contribution in [0.4, 0.5) is 13.2 Å². The van der Waals surface area contributed by atoms with Crippen molar-refractivity contribution in [2.75, 3.05) is 7.11 Å². The Morgan fingerprint density at radius 3 is 2.70 bits per heavy atom. The third-order valence-corrected chi connectivity index (χ3v) is 4.23. The average Bonchev–Trinajstić information content (AvgIpc) is 2.69. The van der Waals surface area contributed by atoms with Crippen molar-refractivity contribution < 1.29 is 22.6 Å². The monoisotopic (exact) mass is 457 g/mol. The Morgan fingerprint density at radius 2 is 2.03 bits per heavy atom. The lowest BCUT2D eigenvalue weighted by Crippen LogP contribution is -2.39. The van der Waals surface area contributed by atoms with E-state index < -0.39 is 18.0 Å². The molecule has 1 unspecified atom stereocenters. The van der Waals surface area contributed by atoms with Gasteiger partial charge in [-0.25, -0.2) is 4.98 Å². The van der Waals surface area contributed by atoms with Gasteiger partial charge < -0.3 is 14.8 Å². The molecule has 1 atom stereocenters. The van der Waals surface area contributed by atoms with Gasteiger partial charge in [0.25, 0.3) is 0 Å². The zero-order valence-electron chi connectivity index (χ0n) is 15.2. The van der Waals surface area contributed by atoms with Crippen LogP contribution < -0.4 is 14.8 Å². The maximum absolute atomic E-state index is 13.6. The first kappa shape index (κ1) is 21.7. The van der Waals surface area contributed by atoms with Gasteiger partial charge in [0, 0.05) is 29.4 Å². The maximum atomic E-state index is 13.6. The van der Waals surface area contributed by atoms with Gasteiger partial charge >= 0.3 is 6.18 Å². The standard InChI is InChI=1S/C18H12Cl2F3N5O2/c1-29-16-10(7-26-17(20)28-16)4-14-25-8-13(15(27-14)18(21,22)23)30-12-3-9(6-24)2-11(19)5-12/h2-3,5,7-8,15H,4H2,1H3,(H,25,27). The minimum Gasteiger partial charge on any atom is -0.481 e. The molecule has 2 aromatic rings. The highest BCUT2D eigenvalue weighted by molar-refractivity contribution is 6.30. The molecule has 1 aromatic heterocycles. The Morgan fingerprint density at radius 1 is 1.27 bits per heavy atom. The summed E-state index contributed by atoms with van der Waals surface area (Å²) in [5.41, 5.74) is 0.532. The molecule has 2 heterocycles. The number of rotatable bonds is 5. The van der Waals surface area contributed by atoms with E-state index in [1.54, 1.807) is 0 Å². The number of nitrogens with zero attached hydrogens (tertiary/aromatic N) is 4. The quantitative estimate of drug-likeness (QED) is 0.680. The van der Waals surface area contributed by atoms with Crippen LogP contribution in [-0.4, -0.2) is 35.1 Å². The molecule has 0 bridgehead atoms. The van der Waals surface area contributed by atoms with Crippen LogP contribution in [0.3, 0.4) is 0 Å². The molecule has 7 nitrogen and oxygen atoms in total. The molecule has 1 aliphatic heterocycles. The molecule has 0 radical (unpaired) electrons. The number of nitrogens with one attached hydrogen (secondary N) is 1. The lowest BCUT2D eigenvalue weighted by molar-refractivity contribution is -0.144. The van der Waals surface area contributed by atoms with Crippen molar-refractivity contribution in [2.24, 2.45) is 4.99 Å². The van der Waals surface area contributed by atoms with Gasteiger partial charge in [-0.3, -0.25) is 4.99 Å². The summed E-state index contributed by atoms with van der Waals surface area (Å²) >= 11 is 11.6. The Labute approximate surface area is 178 Å². The first-order chi connectivity index (χ1) is 14.2. The molecule has 1 aliphatic rings. The minimum absolute atomic E-state index is 0.00212. The Bertz CT molecular complexity index is 1070. The van der Waals surface area contributed by atoms with Gasteiger partial charge in [0.2, 0.25) is 17.2 Å². The summed E-state index contributed by atoms with van der Waals surface area (Å²) in [7, 11) is 1.35. The minimum atomic E-state index is -4.73. The second-order valence-corrected chi connectivity index (χ2v) is 6.73. The lowest BCUT2D eigenvalue weighted by Gasteiger charge is -2.25. The van der Waals surface area contributed by atoms with Gasteiger partial charge in [-0.2, -0.15) is 23.4 Å². The van der Waals surface area contributed by atoms with Crippen molar-refractivity contribution in [3.05, 3.63) is 57.8 Å². The van der Waals surface area contributed by atoms with Crippen molar-refractivity contribution in [1.82, 2.24) is 15.3 Å². The van der Waals surface area contributed by atoms with E-state index in [0.717, 1.165) is 6.20 Å². The lowest BCUT2D eigenvalue weighted by atomic mass is 10.1. The fourth-order valence-corrected chi connectivity index (χ4v) is 2.93. The number of hydrogen-bond donors (Lipinski definition) is 1. The van der Waals surface area contributed by atoms with Gasteiger partial charge in [0.15, 0.2) is 5.76 Å². The topological polar surface area (TPSA) is 92.4 Å². The van der Waals surface area contributed by atoms with Gasteiger partial charge in [0.05, 0.1) is 18.7 Å². The molecule has 156 valence electrons. The molecule has 0 saturated heterocycles. The summed E-state index contributed by atoms with van der Waals surface area (Å²) < 4.78 is 51.3. The van der Waals surface area contributed by atoms with Crippen molar-refractivity contribution in [1.29, 1.82) is 5.26 Å². The second-order valence-electron chi connectivity index (χ2n) is 5.95. The van der Waals surface area contributed by atoms with Crippen LogP contribution in [0.5, 0.6) is 11.6 Å². The number of halogens is 5. The number of ether oxygens (including phenoxy) is 2. The van der Waals surface area contributed by atoms with Gasteiger partial charge in [-0.05, 0) is 29.8 Å². The molecule has 1 aromatic carbocycles. The van der Waals surface area contributed by atoms with Crippen molar-refractivity contribution in [3.8, 4) is 17.7 Å². The molecular weight excluding hydrogens is 446 g/mol. The summed E-state index contributed by atoms with van der Waals surface area (Å²) in [6.45, 7) is 0. The number of aromatic nitrogens is 2. The summed E-state index contributed by atoms with van der Waals surface area (Å²) in [6, 6.07) is 3.52. The number of methoxy groups -OCH3 is 1. The molecule has 0 spiro atoms. The molecule has 12 heteroatoms. The highest BCUT2D eigenvalue weighted by Crippen LogP contribution is 2.32. The molecule has 0 saturated carbocycles. The largest absolute Gasteiger partial charge is 0.481 e. The van der Waals surface area contributed by atoms with Crippen LogP contribution in [0.1, 0.15) is 11.1 Å². The first-order valence-corrected chi connectivity index (χ1v) is 8.99. The number of aliphatic imine (C=N–C) groups is 1. The van der Waals surface area contributed by atoms with E-state index in [1.165, 1.54) is 31.5 Å². The normalized spacial score (nSPS) is 16.1. The zero-order valence-corrected chi connectivity index (χ0v) is 16.7. The van der Waals surface area contributed by atoms with Crippen LogP contribution in [0.25, 0.3) is 0 Å². The van der Waals surface area contributed by atoms with Crippen LogP contribution >= 0.6 is 23.2 Å². The van der Waals surface area contributed by atoms with E-state index in [4.69, 9.17) is 37.9 Å². The van der Waals surface area contributed by atoms with E-state index in [-0.39, 0.29) is 39.8 Å². The third-order valence-electron chi connectivity index (χ3n) is 3.83. The second kappa shape index (κ2) is 8.77. The Kier molecular flexibility index (Phi) is 6.34. The molecular formula is C18H12Cl2F3N5O2. The maximum Gasteiger partial charge on any atom is 0.418 e. The highest BCUT2D eigenvalue weighted by Gasteiger charge is 2.45. The molecule has 3 rings (SSSR count). The number of alkyl halides is 3. The predicted molar refractivity (Wildman–Crippen MR) is 103 cm³/mol. The Balaban J connectivity index is 1.86.